The lowest BCUT2D eigenvalue weighted by Gasteiger charge is -2.61. The summed E-state index contributed by atoms with van der Waals surface area (Å²) in [5.41, 5.74) is 1.06. The number of benzene rings is 1. The van der Waals surface area contributed by atoms with Gasteiger partial charge in [0.1, 0.15) is 0 Å². The second-order valence-corrected chi connectivity index (χ2v) is 5.78. The Morgan fingerprint density at radius 1 is 1.19 bits per heavy atom. The van der Waals surface area contributed by atoms with Crippen molar-refractivity contribution in [3.63, 3.8) is 0 Å². The summed E-state index contributed by atoms with van der Waals surface area (Å²) < 4.78 is 38.1. The fourth-order valence-electron chi connectivity index (χ4n) is 3.59. The molecule has 3 aliphatic rings. The summed E-state index contributed by atoms with van der Waals surface area (Å²) in [6.45, 7) is 1.33. The zero-order valence-electron chi connectivity index (χ0n) is 11.7. The molecule has 1 unspecified atom stereocenters. The standard InChI is InChI=1S/C15H17F3N2O/c1-10(21)19-7-12-14(11-5-3-2-4-6-11)13(8-19)20(12)9-15(16,17)18/h2-6,12-14H,7-9H2,1H3/t12-,13+,14?. The van der Waals surface area contributed by atoms with Gasteiger partial charge in [-0.25, -0.2) is 0 Å². The SMILES string of the molecule is CC(=O)N1C[C@@H]2C(c3ccccc3)[C@H](C1)N2CC(F)(F)F. The number of alkyl halides is 3. The van der Waals surface area contributed by atoms with Crippen molar-refractivity contribution < 1.29 is 18.0 Å². The number of rotatable bonds is 2. The fraction of sp³-hybridized carbons (Fsp3) is 0.533. The van der Waals surface area contributed by atoms with Crippen LogP contribution in [0.1, 0.15) is 18.4 Å². The number of fused-ring (bicyclic) bond motifs is 2. The molecule has 3 saturated heterocycles. The van der Waals surface area contributed by atoms with Crippen molar-refractivity contribution in [2.75, 3.05) is 19.6 Å². The number of amides is 1. The Kier molecular flexibility index (Phi) is 3.43. The smallest absolute Gasteiger partial charge is 0.340 e. The van der Waals surface area contributed by atoms with Crippen LogP contribution in [0.4, 0.5) is 13.2 Å². The highest BCUT2D eigenvalue weighted by Gasteiger charge is 2.56. The molecule has 114 valence electrons. The van der Waals surface area contributed by atoms with Crippen molar-refractivity contribution in [2.45, 2.75) is 31.1 Å². The summed E-state index contributed by atoms with van der Waals surface area (Å²) >= 11 is 0. The van der Waals surface area contributed by atoms with Crippen LogP contribution >= 0.6 is 0 Å². The minimum atomic E-state index is -4.20. The first-order valence-corrected chi connectivity index (χ1v) is 7.00. The molecule has 0 aromatic heterocycles. The monoisotopic (exact) mass is 298 g/mol. The van der Waals surface area contributed by atoms with E-state index in [4.69, 9.17) is 0 Å². The lowest BCUT2D eigenvalue weighted by Crippen LogP contribution is -2.74. The molecule has 4 rings (SSSR count). The van der Waals surface area contributed by atoms with Crippen LogP contribution in [-0.4, -0.2) is 53.6 Å². The number of hydrogen-bond acceptors (Lipinski definition) is 2. The highest BCUT2D eigenvalue weighted by molar-refractivity contribution is 5.73. The first-order valence-electron chi connectivity index (χ1n) is 7.00. The van der Waals surface area contributed by atoms with Gasteiger partial charge in [-0.15, -0.1) is 0 Å². The summed E-state index contributed by atoms with van der Waals surface area (Å²) in [4.78, 5) is 14.6. The summed E-state index contributed by atoms with van der Waals surface area (Å²) in [7, 11) is 0. The van der Waals surface area contributed by atoms with E-state index >= 15 is 0 Å². The Hall–Kier alpha value is -1.56. The molecule has 3 aliphatic heterocycles. The molecule has 3 nitrogen and oxygen atoms in total. The summed E-state index contributed by atoms with van der Waals surface area (Å²) in [6.07, 6.45) is -4.20. The topological polar surface area (TPSA) is 23.6 Å². The lowest BCUT2D eigenvalue weighted by molar-refractivity contribution is -0.196. The maximum atomic E-state index is 12.7. The fourth-order valence-corrected chi connectivity index (χ4v) is 3.59. The number of halogens is 3. The van der Waals surface area contributed by atoms with E-state index in [1.807, 2.05) is 30.3 Å². The molecule has 21 heavy (non-hydrogen) atoms. The zero-order chi connectivity index (χ0) is 15.2. The number of nitrogens with zero attached hydrogens (tertiary/aromatic N) is 2. The van der Waals surface area contributed by atoms with E-state index in [9.17, 15) is 18.0 Å². The molecule has 1 aromatic rings. The molecule has 0 spiro atoms. The Morgan fingerprint density at radius 2 is 1.76 bits per heavy atom. The Bertz CT molecular complexity index is 517. The van der Waals surface area contributed by atoms with Crippen LogP contribution in [0.15, 0.2) is 30.3 Å². The summed E-state index contributed by atoms with van der Waals surface area (Å²) in [6, 6.07) is 9.14. The second-order valence-electron chi connectivity index (χ2n) is 5.78. The number of piperazine rings is 1. The molecule has 0 aliphatic carbocycles. The number of hydrogen-bond donors (Lipinski definition) is 0. The molecule has 2 bridgehead atoms. The molecule has 3 heterocycles. The van der Waals surface area contributed by atoms with Gasteiger partial charge in [0.15, 0.2) is 0 Å². The van der Waals surface area contributed by atoms with Gasteiger partial charge in [0.2, 0.25) is 5.91 Å². The van der Waals surface area contributed by atoms with E-state index in [1.54, 1.807) is 4.90 Å². The predicted octanol–water partition coefficient (Wildman–Crippen LogP) is 2.25. The van der Waals surface area contributed by atoms with Gasteiger partial charge in [-0.3, -0.25) is 9.69 Å². The van der Waals surface area contributed by atoms with Crippen molar-refractivity contribution in [1.82, 2.24) is 9.80 Å². The van der Waals surface area contributed by atoms with Crippen LogP contribution < -0.4 is 0 Å². The van der Waals surface area contributed by atoms with E-state index in [1.165, 1.54) is 11.8 Å². The molecular weight excluding hydrogens is 281 g/mol. The first-order chi connectivity index (χ1) is 9.87. The van der Waals surface area contributed by atoms with Crippen molar-refractivity contribution in [1.29, 1.82) is 0 Å². The van der Waals surface area contributed by atoms with Gasteiger partial charge < -0.3 is 4.90 Å². The van der Waals surface area contributed by atoms with Crippen LogP contribution in [0.25, 0.3) is 0 Å². The third-order valence-electron chi connectivity index (χ3n) is 4.49. The molecule has 0 N–H and O–H groups in total. The largest absolute Gasteiger partial charge is 0.401 e. The van der Waals surface area contributed by atoms with Crippen LogP contribution in [0.3, 0.4) is 0 Å². The van der Waals surface area contributed by atoms with E-state index < -0.39 is 12.7 Å². The Morgan fingerprint density at radius 3 is 2.24 bits per heavy atom. The highest BCUT2D eigenvalue weighted by atomic mass is 19.4. The van der Waals surface area contributed by atoms with Crippen LogP contribution in [0.5, 0.6) is 0 Å². The van der Waals surface area contributed by atoms with Gasteiger partial charge in [-0.05, 0) is 5.56 Å². The van der Waals surface area contributed by atoms with E-state index in [2.05, 4.69) is 0 Å². The Labute approximate surface area is 121 Å². The molecule has 3 fully saturated rings. The molecule has 0 radical (unpaired) electrons. The summed E-state index contributed by atoms with van der Waals surface area (Å²) in [5.74, 6) is 0.0207. The van der Waals surface area contributed by atoms with Crippen LogP contribution in [0.2, 0.25) is 0 Å². The average Bonchev–Trinajstić information content (AvgIpc) is 2.44. The lowest BCUT2D eigenvalue weighted by atomic mass is 9.71. The normalized spacial score (nSPS) is 29.1. The molecule has 1 amide bonds. The average molecular weight is 298 g/mol. The highest BCUT2D eigenvalue weighted by Crippen LogP contribution is 2.45. The third kappa shape index (κ3) is 2.64. The Balaban J connectivity index is 1.81. The second kappa shape index (κ2) is 5.02. The number of carbonyl (C=O) groups excluding carboxylic acids is 1. The summed E-state index contributed by atoms with van der Waals surface area (Å²) in [5, 5.41) is 0. The maximum Gasteiger partial charge on any atom is 0.401 e. The van der Waals surface area contributed by atoms with Gasteiger partial charge >= 0.3 is 6.18 Å². The van der Waals surface area contributed by atoms with Crippen molar-refractivity contribution in [2.24, 2.45) is 0 Å². The van der Waals surface area contributed by atoms with Crippen molar-refractivity contribution >= 4 is 5.91 Å². The van der Waals surface area contributed by atoms with E-state index in [0.717, 1.165) is 5.56 Å². The molecular formula is C15H17F3N2O. The van der Waals surface area contributed by atoms with Crippen LogP contribution in [-0.2, 0) is 4.79 Å². The number of piperidine rings is 1. The van der Waals surface area contributed by atoms with Gasteiger partial charge in [0, 0.05) is 38.0 Å². The zero-order valence-corrected chi connectivity index (χ0v) is 11.7. The van der Waals surface area contributed by atoms with Crippen LogP contribution in [0, 0.1) is 0 Å². The molecule has 0 saturated carbocycles. The van der Waals surface area contributed by atoms with Gasteiger partial charge in [0.05, 0.1) is 6.54 Å². The minimum Gasteiger partial charge on any atom is -0.340 e. The number of carbonyl (C=O) groups is 1. The first kappa shape index (κ1) is 14.4. The molecule has 6 heteroatoms. The maximum absolute atomic E-state index is 12.7. The van der Waals surface area contributed by atoms with Crippen molar-refractivity contribution in [3.8, 4) is 0 Å². The molecule has 1 aromatic carbocycles. The van der Waals surface area contributed by atoms with Gasteiger partial charge in [-0.1, -0.05) is 30.3 Å². The predicted molar refractivity (Wildman–Crippen MR) is 71.8 cm³/mol. The van der Waals surface area contributed by atoms with E-state index in [0.29, 0.717) is 13.1 Å². The van der Waals surface area contributed by atoms with E-state index in [-0.39, 0.29) is 23.9 Å². The van der Waals surface area contributed by atoms with Gasteiger partial charge in [0.25, 0.3) is 0 Å². The third-order valence-corrected chi connectivity index (χ3v) is 4.49. The van der Waals surface area contributed by atoms with Crippen molar-refractivity contribution in [3.05, 3.63) is 35.9 Å². The van der Waals surface area contributed by atoms with Gasteiger partial charge in [-0.2, -0.15) is 13.2 Å². The quantitative estimate of drug-likeness (QED) is 0.836. The molecule has 3 atom stereocenters. The minimum absolute atomic E-state index is 0.0665.